The number of nitrogens with one attached hydrogen (secondary N) is 2. The third-order valence-corrected chi connectivity index (χ3v) is 6.23. The number of rotatable bonds is 5. The number of hydrogen-bond donors (Lipinski definition) is 2. The third kappa shape index (κ3) is 4.50. The molecule has 29 heavy (non-hydrogen) atoms. The van der Waals surface area contributed by atoms with Crippen molar-refractivity contribution in [3.05, 3.63) is 71.0 Å². The lowest BCUT2D eigenvalue weighted by Gasteiger charge is -2.28. The normalized spacial score (nSPS) is 25.9. The average Bonchev–Trinajstić information content (AvgIpc) is 3.48. The second-order valence-electron chi connectivity index (χ2n) is 8.32. The van der Waals surface area contributed by atoms with Crippen molar-refractivity contribution >= 4 is 11.8 Å². The van der Waals surface area contributed by atoms with Crippen LogP contribution in [0.5, 0.6) is 0 Å². The van der Waals surface area contributed by atoms with Gasteiger partial charge in [-0.2, -0.15) is 0 Å². The van der Waals surface area contributed by atoms with Crippen LogP contribution >= 0.6 is 0 Å². The van der Waals surface area contributed by atoms with Gasteiger partial charge in [-0.15, -0.1) is 0 Å². The molecule has 2 aromatic carbocycles. The van der Waals surface area contributed by atoms with E-state index in [1.807, 2.05) is 18.2 Å². The van der Waals surface area contributed by atoms with Gasteiger partial charge in [-0.25, -0.2) is 4.39 Å². The predicted molar refractivity (Wildman–Crippen MR) is 110 cm³/mol. The van der Waals surface area contributed by atoms with E-state index in [2.05, 4.69) is 22.8 Å². The zero-order valence-electron chi connectivity index (χ0n) is 16.7. The molecule has 2 atom stereocenters. The van der Waals surface area contributed by atoms with Crippen LogP contribution in [0.1, 0.15) is 59.5 Å². The lowest BCUT2D eigenvalue weighted by atomic mass is 9.85. The van der Waals surface area contributed by atoms with Gasteiger partial charge in [-0.1, -0.05) is 42.5 Å². The van der Waals surface area contributed by atoms with Crippen molar-refractivity contribution < 1.29 is 14.0 Å². The van der Waals surface area contributed by atoms with Gasteiger partial charge in [0.25, 0.3) is 5.91 Å². The molecule has 0 aliphatic heterocycles. The molecule has 0 bridgehead atoms. The average molecular weight is 394 g/mol. The highest BCUT2D eigenvalue weighted by atomic mass is 19.1. The topological polar surface area (TPSA) is 58.2 Å². The van der Waals surface area contributed by atoms with Crippen molar-refractivity contribution in [2.24, 2.45) is 5.92 Å². The van der Waals surface area contributed by atoms with E-state index in [0.29, 0.717) is 11.5 Å². The molecule has 152 valence electrons. The largest absolute Gasteiger partial charge is 0.352 e. The third-order valence-electron chi connectivity index (χ3n) is 6.23. The van der Waals surface area contributed by atoms with Gasteiger partial charge in [-0.3, -0.25) is 9.59 Å². The van der Waals surface area contributed by atoms with Crippen LogP contribution in [0.2, 0.25) is 0 Å². The Morgan fingerprint density at radius 1 is 0.931 bits per heavy atom. The molecule has 0 unspecified atom stereocenters. The smallest absolute Gasteiger partial charge is 0.254 e. The molecule has 0 spiro atoms. The molecule has 2 fully saturated rings. The summed E-state index contributed by atoms with van der Waals surface area (Å²) in [4.78, 5) is 25.1. The Labute approximate surface area is 170 Å². The summed E-state index contributed by atoms with van der Waals surface area (Å²) in [6.45, 7) is 1.74. The van der Waals surface area contributed by atoms with Crippen LogP contribution in [-0.4, -0.2) is 23.9 Å². The Bertz CT molecular complexity index is 871. The number of carbonyl (C=O) groups is 2. The molecule has 4 rings (SSSR count). The number of hydrogen-bond acceptors (Lipinski definition) is 2. The molecular formula is C24H27FN2O2. The zero-order valence-corrected chi connectivity index (χ0v) is 16.7. The van der Waals surface area contributed by atoms with Crippen LogP contribution < -0.4 is 10.6 Å². The van der Waals surface area contributed by atoms with Gasteiger partial charge in [0.2, 0.25) is 5.91 Å². The van der Waals surface area contributed by atoms with Gasteiger partial charge in [0.1, 0.15) is 5.82 Å². The summed E-state index contributed by atoms with van der Waals surface area (Å²) >= 11 is 0. The molecule has 2 amide bonds. The Balaban J connectivity index is 1.24. The maximum Gasteiger partial charge on any atom is 0.254 e. The van der Waals surface area contributed by atoms with Crippen LogP contribution in [0.15, 0.2) is 48.5 Å². The molecule has 0 aromatic heterocycles. The van der Waals surface area contributed by atoms with Gasteiger partial charge in [0, 0.05) is 23.9 Å². The van der Waals surface area contributed by atoms with Crippen molar-refractivity contribution in [2.75, 3.05) is 0 Å². The number of aryl methyl sites for hydroxylation is 1. The SMILES string of the molecule is Cc1cccc(F)c1C(=O)NC1CCC(C(=O)N[C@@H]2C[C@H]2c2ccccc2)CC1. The second kappa shape index (κ2) is 8.36. The highest BCUT2D eigenvalue weighted by Crippen LogP contribution is 2.41. The fraction of sp³-hybridized carbons (Fsp3) is 0.417. The first-order chi connectivity index (χ1) is 14.0. The van der Waals surface area contributed by atoms with Crippen LogP contribution in [0, 0.1) is 18.7 Å². The number of carbonyl (C=O) groups excluding carboxylic acids is 2. The number of benzene rings is 2. The highest BCUT2D eigenvalue weighted by Gasteiger charge is 2.40. The fourth-order valence-corrected chi connectivity index (χ4v) is 4.40. The van der Waals surface area contributed by atoms with E-state index in [4.69, 9.17) is 0 Å². The lowest BCUT2D eigenvalue weighted by molar-refractivity contribution is -0.126. The second-order valence-corrected chi connectivity index (χ2v) is 8.32. The highest BCUT2D eigenvalue weighted by molar-refractivity contribution is 5.96. The molecule has 5 heteroatoms. The minimum atomic E-state index is -0.493. The molecule has 2 aliphatic rings. The maximum atomic E-state index is 14.0. The van der Waals surface area contributed by atoms with Crippen molar-refractivity contribution in [1.82, 2.24) is 10.6 Å². The van der Waals surface area contributed by atoms with E-state index in [9.17, 15) is 14.0 Å². The summed E-state index contributed by atoms with van der Waals surface area (Å²) < 4.78 is 14.0. The summed E-state index contributed by atoms with van der Waals surface area (Å²) in [6.07, 6.45) is 3.98. The van der Waals surface area contributed by atoms with E-state index in [-0.39, 0.29) is 35.4 Å². The minimum absolute atomic E-state index is 0.00428. The molecule has 0 heterocycles. The molecule has 0 radical (unpaired) electrons. The first-order valence-electron chi connectivity index (χ1n) is 10.4. The van der Waals surface area contributed by atoms with Gasteiger partial charge in [-0.05, 0) is 56.2 Å². The van der Waals surface area contributed by atoms with E-state index in [1.165, 1.54) is 11.6 Å². The van der Waals surface area contributed by atoms with Crippen LogP contribution in [0.4, 0.5) is 4.39 Å². The Kier molecular flexibility index (Phi) is 5.65. The van der Waals surface area contributed by atoms with Gasteiger partial charge >= 0.3 is 0 Å². The van der Waals surface area contributed by atoms with Crippen molar-refractivity contribution in [1.29, 1.82) is 0 Å². The first-order valence-corrected chi connectivity index (χ1v) is 10.4. The fourth-order valence-electron chi connectivity index (χ4n) is 4.40. The standard InChI is InChI=1S/C24H27FN2O2/c1-15-6-5-9-20(25)22(15)24(29)26-18-12-10-17(11-13-18)23(28)27-21-14-19(21)16-7-3-2-4-8-16/h2-9,17-19,21H,10-14H2,1H3,(H,26,29)(H,27,28)/t17?,18?,19-,21+/m0/s1. The minimum Gasteiger partial charge on any atom is -0.352 e. The van der Waals surface area contributed by atoms with E-state index >= 15 is 0 Å². The van der Waals surface area contributed by atoms with Gasteiger partial charge < -0.3 is 10.6 Å². The van der Waals surface area contributed by atoms with E-state index in [1.54, 1.807) is 19.1 Å². The predicted octanol–water partition coefficient (Wildman–Crippen LogP) is 4.10. The molecule has 2 aliphatic carbocycles. The molecule has 2 saturated carbocycles. The summed E-state index contributed by atoms with van der Waals surface area (Å²) in [6, 6.07) is 15.2. The van der Waals surface area contributed by atoms with Crippen molar-refractivity contribution in [3.8, 4) is 0 Å². The molecular weight excluding hydrogens is 367 g/mol. The van der Waals surface area contributed by atoms with Crippen LogP contribution in [-0.2, 0) is 4.79 Å². The van der Waals surface area contributed by atoms with Crippen molar-refractivity contribution in [2.45, 2.75) is 57.0 Å². The summed E-state index contributed by atoms with van der Waals surface area (Å²) in [7, 11) is 0. The monoisotopic (exact) mass is 394 g/mol. The Hall–Kier alpha value is -2.69. The quantitative estimate of drug-likeness (QED) is 0.802. The molecule has 2 N–H and O–H groups in total. The van der Waals surface area contributed by atoms with E-state index in [0.717, 1.165) is 32.1 Å². The first kappa shape index (κ1) is 19.6. The van der Waals surface area contributed by atoms with Gasteiger partial charge in [0.05, 0.1) is 5.56 Å². The lowest BCUT2D eigenvalue weighted by Crippen LogP contribution is -2.41. The number of halogens is 1. The van der Waals surface area contributed by atoms with Crippen molar-refractivity contribution in [3.63, 3.8) is 0 Å². The summed E-state index contributed by atoms with van der Waals surface area (Å²) in [5, 5.41) is 6.14. The molecule has 0 saturated heterocycles. The zero-order chi connectivity index (χ0) is 20.4. The Morgan fingerprint density at radius 2 is 1.66 bits per heavy atom. The Morgan fingerprint density at radius 3 is 2.34 bits per heavy atom. The number of amides is 2. The maximum absolute atomic E-state index is 14.0. The molecule has 2 aromatic rings. The summed E-state index contributed by atoms with van der Waals surface area (Å²) in [5.74, 6) is -0.302. The van der Waals surface area contributed by atoms with Crippen LogP contribution in [0.3, 0.4) is 0 Å². The molecule has 4 nitrogen and oxygen atoms in total. The van der Waals surface area contributed by atoms with E-state index < -0.39 is 5.82 Å². The summed E-state index contributed by atoms with van der Waals surface area (Å²) in [5.41, 5.74) is 2.04. The van der Waals surface area contributed by atoms with Crippen LogP contribution in [0.25, 0.3) is 0 Å². The van der Waals surface area contributed by atoms with Gasteiger partial charge in [0.15, 0.2) is 0 Å².